The average molecular weight is 625 g/mol. The molecule has 0 radical (unpaired) electrons. The number of nitrogens with one attached hydrogen (secondary N) is 1. The molecule has 0 bridgehead atoms. The highest BCUT2D eigenvalue weighted by Gasteiger charge is 2.48. The molecule has 0 spiro atoms. The summed E-state index contributed by atoms with van der Waals surface area (Å²) in [4.78, 5) is 37.9. The van der Waals surface area contributed by atoms with Crippen molar-refractivity contribution < 1.29 is 43.2 Å². The fraction of sp³-hybridized carbons (Fsp3) is 0.727. The second kappa shape index (κ2) is 18.8. The Morgan fingerprint density at radius 3 is 2.23 bits per heavy atom. The lowest BCUT2D eigenvalue weighted by atomic mass is 9.77. The normalized spacial score (nSPS) is 15.1. The quantitative estimate of drug-likeness (QED) is 0.144. The molecule has 1 aromatic carbocycles. The first-order chi connectivity index (χ1) is 20.6. The smallest absolute Gasteiger partial charge is 0.314 e. The zero-order valence-electron chi connectivity index (χ0n) is 28.2. The molecule has 44 heavy (non-hydrogen) atoms. The largest absolute Gasteiger partial charge is 0.493 e. The van der Waals surface area contributed by atoms with Crippen LogP contribution in [-0.2, 0) is 35.0 Å². The van der Waals surface area contributed by atoms with E-state index in [4.69, 9.17) is 24.7 Å². The number of aliphatic hydroxyl groups is 1. The van der Waals surface area contributed by atoms with Gasteiger partial charge in [-0.2, -0.15) is 0 Å². The standard InChI is InChI=1S/C33H56N2O9/c1-22(2)24(20-23-13-16-26(41-8)27(21-23)43-19-11-18-40-7)14-15-25(36)29(30(38)44-32(3,4)5)33(6,34)31(39)35-17-10-12-28(37)42-9/h13,16,21-22,24-25,29,36H,10-12,14-15,17-20,34H2,1-9H3,(H,35,39)/t24-,25-,29-,33+/m0/s1. The van der Waals surface area contributed by atoms with Gasteiger partial charge in [-0.1, -0.05) is 19.9 Å². The molecule has 0 aliphatic carbocycles. The van der Waals surface area contributed by atoms with Gasteiger partial charge in [0.15, 0.2) is 11.5 Å². The number of aliphatic hydroxyl groups excluding tert-OH is 1. The first-order valence-electron chi connectivity index (χ1n) is 15.4. The molecular formula is C33H56N2O9. The number of benzene rings is 1. The van der Waals surface area contributed by atoms with Crippen LogP contribution in [0.15, 0.2) is 18.2 Å². The summed E-state index contributed by atoms with van der Waals surface area (Å²) in [6.07, 6.45) is 1.49. The summed E-state index contributed by atoms with van der Waals surface area (Å²) in [5, 5.41) is 14.1. The van der Waals surface area contributed by atoms with Crippen LogP contribution in [0.4, 0.5) is 0 Å². The summed E-state index contributed by atoms with van der Waals surface area (Å²) >= 11 is 0. The van der Waals surface area contributed by atoms with Crippen LogP contribution in [-0.4, -0.2) is 81.3 Å². The Morgan fingerprint density at radius 2 is 1.66 bits per heavy atom. The number of hydrogen-bond acceptors (Lipinski definition) is 10. The monoisotopic (exact) mass is 624 g/mol. The number of carbonyl (C=O) groups is 3. The van der Waals surface area contributed by atoms with Gasteiger partial charge < -0.3 is 39.8 Å². The number of methoxy groups -OCH3 is 3. The van der Waals surface area contributed by atoms with Gasteiger partial charge in [-0.05, 0) is 82.9 Å². The van der Waals surface area contributed by atoms with Gasteiger partial charge in [0.05, 0.1) is 26.9 Å². The minimum Gasteiger partial charge on any atom is -0.493 e. The lowest BCUT2D eigenvalue weighted by molar-refractivity contribution is -0.170. The zero-order chi connectivity index (χ0) is 33.5. The SMILES string of the molecule is COCCCOc1cc(C[C@H](CC[C@H](O)[C@@H](C(=O)OC(C)(C)C)[C@@](C)(N)C(=O)NCCCC(=O)OC)C(C)C)ccc1OC. The van der Waals surface area contributed by atoms with Crippen LogP contribution >= 0.6 is 0 Å². The Morgan fingerprint density at radius 1 is 0.977 bits per heavy atom. The van der Waals surface area contributed by atoms with Crippen molar-refractivity contribution in [1.29, 1.82) is 0 Å². The number of ether oxygens (including phenoxy) is 5. The van der Waals surface area contributed by atoms with E-state index in [1.165, 1.54) is 14.0 Å². The summed E-state index contributed by atoms with van der Waals surface area (Å²) in [5.74, 6) is -1.35. The van der Waals surface area contributed by atoms with Gasteiger partial charge in [0.25, 0.3) is 0 Å². The van der Waals surface area contributed by atoms with E-state index >= 15 is 0 Å². The van der Waals surface area contributed by atoms with Crippen LogP contribution in [0.2, 0.25) is 0 Å². The third-order valence-corrected chi connectivity index (χ3v) is 7.50. The number of esters is 2. The maximum Gasteiger partial charge on any atom is 0.314 e. The molecule has 11 heteroatoms. The van der Waals surface area contributed by atoms with Gasteiger partial charge in [-0.15, -0.1) is 0 Å². The van der Waals surface area contributed by atoms with Gasteiger partial charge in [0.1, 0.15) is 17.1 Å². The van der Waals surface area contributed by atoms with Gasteiger partial charge >= 0.3 is 11.9 Å². The van der Waals surface area contributed by atoms with E-state index < -0.39 is 41.0 Å². The highest BCUT2D eigenvalue weighted by atomic mass is 16.6. The third-order valence-electron chi connectivity index (χ3n) is 7.50. The average Bonchev–Trinajstić information content (AvgIpc) is 2.94. The van der Waals surface area contributed by atoms with Crippen molar-refractivity contribution in [3.63, 3.8) is 0 Å². The van der Waals surface area contributed by atoms with Crippen molar-refractivity contribution in [3.8, 4) is 11.5 Å². The summed E-state index contributed by atoms with van der Waals surface area (Å²) < 4.78 is 26.8. The van der Waals surface area contributed by atoms with Crippen LogP contribution in [0, 0.1) is 17.8 Å². The van der Waals surface area contributed by atoms with E-state index in [1.54, 1.807) is 35.0 Å². The molecule has 0 saturated heterocycles. The first-order valence-corrected chi connectivity index (χ1v) is 15.4. The van der Waals surface area contributed by atoms with Crippen molar-refractivity contribution in [2.45, 2.75) is 97.3 Å². The molecule has 1 aromatic rings. The molecule has 1 rings (SSSR count). The summed E-state index contributed by atoms with van der Waals surface area (Å²) in [7, 11) is 4.55. The van der Waals surface area contributed by atoms with Crippen molar-refractivity contribution >= 4 is 17.8 Å². The Kier molecular flexibility index (Phi) is 16.7. The first kappa shape index (κ1) is 39.1. The van der Waals surface area contributed by atoms with Crippen LogP contribution < -0.4 is 20.5 Å². The zero-order valence-corrected chi connectivity index (χ0v) is 28.2. The van der Waals surface area contributed by atoms with E-state index in [0.717, 1.165) is 12.0 Å². The second-order valence-electron chi connectivity index (χ2n) is 12.8. The fourth-order valence-electron chi connectivity index (χ4n) is 4.91. The molecule has 11 nitrogen and oxygen atoms in total. The molecule has 0 fully saturated rings. The molecular weight excluding hydrogens is 568 g/mol. The Hall–Kier alpha value is -2.89. The maximum absolute atomic E-state index is 13.4. The summed E-state index contributed by atoms with van der Waals surface area (Å²) in [6, 6.07) is 5.86. The van der Waals surface area contributed by atoms with E-state index in [9.17, 15) is 19.5 Å². The van der Waals surface area contributed by atoms with E-state index in [0.29, 0.717) is 44.0 Å². The molecule has 0 unspecified atom stereocenters. The van der Waals surface area contributed by atoms with Gasteiger partial charge in [0.2, 0.25) is 5.91 Å². The Bertz CT molecular complexity index is 1040. The molecule has 252 valence electrons. The fourth-order valence-corrected chi connectivity index (χ4v) is 4.91. The second-order valence-corrected chi connectivity index (χ2v) is 12.8. The number of nitrogens with two attached hydrogens (primary N) is 1. The van der Waals surface area contributed by atoms with Gasteiger partial charge in [-0.25, -0.2) is 0 Å². The highest BCUT2D eigenvalue weighted by molar-refractivity contribution is 5.92. The van der Waals surface area contributed by atoms with E-state index in [2.05, 4.69) is 23.9 Å². The van der Waals surface area contributed by atoms with Crippen molar-refractivity contribution in [3.05, 3.63) is 23.8 Å². The predicted molar refractivity (Wildman–Crippen MR) is 168 cm³/mol. The predicted octanol–water partition coefficient (Wildman–Crippen LogP) is 3.81. The van der Waals surface area contributed by atoms with E-state index in [-0.39, 0.29) is 31.2 Å². The molecule has 4 atom stereocenters. The highest BCUT2D eigenvalue weighted by Crippen LogP contribution is 2.33. The number of hydrogen-bond donors (Lipinski definition) is 3. The molecule has 1 amide bonds. The molecule has 0 saturated carbocycles. The lowest BCUT2D eigenvalue weighted by Crippen LogP contribution is -2.62. The number of rotatable bonds is 20. The molecule has 0 aliphatic heterocycles. The van der Waals surface area contributed by atoms with Crippen LogP contribution in [0.25, 0.3) is 0 Å². The van der Waals surface area contributed by atoms with Crippen molar-refractivity contribution in [1.82, 2.24) is 5.32 Å². The van der Waals surface area contributed by atoms with Crippen molar-refractivity contribution in [2.24, 2.45) is 23.5 Å². The number of carbonyl (C=O) groups excluding carboxylic acids is 3. The maximum atomic E-state index is 13.4. The van der Waals surface area contributed by atoms with E-state index in [1.807, 2.05) is 18.2 Å². The van der Waals surface area contributed by atoms with Crippen LogP contribution in [0.1, 0.15) is 79.2 Å². The Balaban J connectivity index is 3.08. The molecule has 0 aliphatic rings. The van der Waals surface area contributed by atoms with Gasteiger partial charge in [-0.3, -0.25) is 14.4 Å². The topological polar surface area (TPSA) is 156 Å². The molecule has 0 heterocycles. The minimum absolute atomic E-state index is 0.127. The minimum atomic E-state index is -1.77. The summed E-state index contributed by atoms with van der Waals surface area (Å²) in [6.45, 7) is 12.1. The Labute approximate surface area is 263 Å². The molecule has 0 aromatic heterocycles. The van der Waals surface area contributed by atoms with Crippen LogP contribution in [0.3, 0.4) is 0 Å². The number of amides is 1. The third kappa shape index (κ3) is 13.4. The summed E-state index contributed by atoms with van der Waals surface area (Å²) in [5.41, 5.74) is 4.92. The van der Waals surface area contributed by atoms with Crippen molar-refractivity contribution in [2.75, 3.05) is 41.1 Å². The van der Waals surface area contributed by atoms with Crippen LogP contribution in [0.5, 0.6) is 11.5 Å². The molecule has 4 N–H and O–H groups in total. The van der Waals surface area contributed by atoms with Gasteiger partial charge in [0, 0.05) is 33.1 Å². The lowest BCUT2D eigenvalue weighted by Gasteiger charge is -2.36.